The molecule has 0 radical (unpaired) electrons. The Kier molecular flexibility index (Phi) is 2.68. The highest BCUT2D eigenvalue weighted by Crippen LogP contribution is 2.24. The van der Waals surface area contributed by atoms with Crippen LogP contribution in [0.1, 0.15) is 12.8 Å². The number of halogens is 1. The summed E-state index contributed by atoms with van der Waals surface area (Å²) in [5.41, 5.74) is 6.76. The van der Waals surface area contributed by atoms with Crippen molar-refractivity contribution < 1.29 is 4.39 Å². The number of benzene rings is 1. The molecule has 0 aromatic heterocycles. The maximum Gasteiger partial charge on any atom is 0.123 e. The number of rotatable bonds is 2. The monoisotopic (exact) mass is 194 g/mol. The van der Waals surface area contributed by atoms with E-state index in [4.69, 9.17) is 5.73 Å². The highest BCUT2D eigenvalue weighted by atomic mass is 19.1. The van der Waals surface area contributed by atoms with Crippen molar-refractivity contribution in [2.75, 3.05) is 18.0 Å². The number of anilines is 1. The number of nitrogens with zero attached hydrogens (tertiary/aromatic N) is 1. The van der Waals surface area contributed by atoms with Gasteiger partial charge >= 0.3 is 0 Å². The van der Waals surface area contributed by atoms with E-state index in [0.717, 1.165) is 18.7 Å². The Bertz CT molecular complexity index is 297. The minimum absolute atomic E-state index is 0.183. The van der Waals surface area contributed by atoms with E-state index < -0.39 is 0 Å². The second-order valence-corrected chi connectivity index (χ2v) is 3.70. The molecule has 1 aliphatic heterocycles. The molecule has 1 fully saturated rings. The molecule has 2 rings (SSSR count). The highest BCUT2D eigenvalue weighted by Gasteiger charge is 2.22. The van der Waals surface area contributed by atoms with E-state index in [0.29, 0.717) is 12.6 Å². The van der Waals surface area contributed by atoms with Crippen LogP contribution in [-0.4, -0.2) is 19.1 Å². The van der Waals surface area contributed by atoms with Crippen molar-refractivity contribution in [2.24, 2.45) is 5.73 Å². The lowest BCUT2D eigenvalue weighted by atomic mass is 10.2. The second kappa shape index (κ2) is 3.96. The Balaban J connectivity index is 2.17. The fourth-order valence-corrected chi connectivity index (χ4v) is 2.05. The minimum Gasteiger partial charge on any atom is -0.367 e. The quantitative estimate of drug-likeness (QED) is 0.777. The third-order valence-electron chi connectivity index (χ3n) is 2.81. The zero-order valence-corrected chi connectivity index (χ0v) is 8.12. The predicted molar refractivity (Wildman–Crippen MR) is 55.8 cm³/mol. The van der Waals surface area contributed by atoms with Gasteiger partial charge in [-0.15, -0.1) is 0 Å². The Morgan fingerprint density at radius 1 is 1.36 bits per heavy atom. The lowest BCUT2D eigenvalue weighted by Gasteiger charge is -2.25. The molecule has 2 N–H and O–H groups in total. The van der Waals surface area contributed by atoms with E-state index in [1.807, 2.05) is 12.1 Å². The first-order valence-electron chi connectivity index (χ1n) is 5.03. The molecule has 0 saturated carbocycles. The Morgan fingerprint density at radius 3 is 2.71 bits per heavy atom. The van der Waals surface area contributed by atoms with Crippen LogP contribution in [-0.2, 0) is 0 Å². The van der Waals surface area contributed by atoms with Gasteiger partial charge in [0.05, 0.1) is 0 Å². The summed E-state index contributed by atoms with van der Waals surface area (Å²) in [6.07, 6.45) is 2.33. The van der Waals surface area contributed by atoms with Crippen LogP contribution in [0.2, 0.25) is 0 Å². The first-order valence-corrected chi connectivity index (χ1v) is 5.03. The Morgan fingerprint density at radius 2 is 2.07 bits per heavy atom. The van der Waals surface area contributed by atoms with Crippen molar-refractivity contribution >= 4 is 5.69 Å². The Hall–Kier alpha value is -1.09. The molecule has 76 valence electrons. The van der Waals surface area contributed by atoms with E-state index in [1.54, 1.807) is 0 Å². The standard InChI is InChI=1S/C11H15FN2/c12-9-3-5-10(6-4-9)14-7-1-2-11(14)8-13/h3-6,11H,1-2,7-8,13H2/t11-/m0/s1. The number of hydrogen-bond donors (Lipinski definition) is 1. The summed E-state index contributed by atoms with van der Waals surface area (Å²) >= 11 is 0. The number of hydrogen-bond acceptors (Lipinski definition) is 2. The maximum absolute atomic E-state index is 12.7. The lowest BCUT2D eigenvalue weighted by Crippen LogP contribution is -2.35. The largest absolute Gasteiger partial charge is 0.367 e. The SMILES string of the molecule is NC[C@@H]1CCCN1c1ccc(F)cc1. The molecule has 0 unspecified atom stereocenters. The average molecular weight is 194 g/mol. The molecule has 1 aliphatic rings. The van der Waals surface area contributed by atoms with Crippen molar-refractivity contribution in [3.05, 3.63) is 30.1 Å². The minimum atomic E-state index is -0.183. The zero-order chi connectivity index (χ0) is 9.97. The van der Waals surface area contributed by atoms with Gasteiger partial charge in [0.25, 0.3) is 0 Å². The van der Waals surface area contributed by atoms with Crippen molar-refractivity contribution in [3.8, 4) is 0 Å². The van der Waals surface area contributed by atoms with Crippen LogP contribution >= 0.6 is 0 Å². The summed E-state index contributed by atoms with van der Waals surface area (Å²) in [7, 11) is 0. The molecule has 0 spiro atoms. The lowest BCUT2D eigenvalue weighted by molar-refractivity contribution is 0.626. The first kappa shape index (κ1) is 9.46. The molecule has 0 aliphatic carbocycles. The molecule has 1 heterocycles. The van der Waals surface area contributed by atoms with Gasteiger partial charge in [-0.05, 0) is 37.1 Å². The van der Waals surface area contributed by atoms with Crippen LogP contribution in [0.15, 0.2) is 24.3 Å². The summed E-state index contributed by atoms with van der Waals surface area (Å²) in [4.78, 5) is 2.26. The van der Waals surface area contributed by atoms with Crippen molar-refractivity contribution in [3.63, 3.8) is 0 Å². The fraction of sp³-hybridized carbons (Fsp3) is 0.455. The zero-order valence-electron chi connectivity index (χ0n) is 8.12. The van der Waals surface area contributed by atoms with Gasteiger partial charge in [-0.1, -0.05) is 0 Å². The third-order valence-corrected chi connectivity index (χ3v) is 2.81. The highest BCUT2D eigenvalue weighted by molar-refractivity contribution is 5.48. The fourth-order valence-electron chi connectivity index (χ4n) is 2.05. The summed E-state index contributed by atoms with van der Waals surface area (Å²) in [5.74, 6) is -0.183. The van der Waals surface area contributed by atoms with Crippen molar-refractivity contribution in [1.29, 1.82) is 0 Å². The maximum atomic E-state index is 12.7. The van der Waals surface area contributed by atoms with E-state index >= 15 is 0 Å². The molecule has 3 heteroatoms. The van der Waals surface area contributed by atoms with E-state index in [2.05, 4.69) is 4.90 Å². The van der Waals surface area contributed by atoms with Gasteiger partial charge < -0.3 is 10.6 Å². The molecular formula is C11H15FN2. The molecule has 1 saturated heterocycles. The van der Waals surface area contributed by atoms with E-state index in [-0.39, 0.29) is 5.82 Å². The predicted octanol–water partition coefficient (Wildman–Crippen LogP) is 1.75. The molecule has 1 aromatic rings. The normalized spacial score (nSPS) is 21.6. The van der Waals surface area contributed by atoms with Gasteiger partial charge in [0, 0.05) is 24.8 Å². The second-order valence-electron chi connectivity index (χ2n) is 3.70. The summed E-state index contributed by atoms with van der Waals surface area (Å²) in [6, 6.07) is 7.08. The molecular weight excluding hydrogens is 179 g/mol. The molecule has 1 atom stereocenters. The van der Waals surface area contributed by atoms with E-state index in [1.165, 1.54) is 18.6 Å². The van der Waals surface area contributed by atoms with Crippen LogP contribution in [0.25, 0.3) is 0 Å². The topological polar surface area (TPSA) is 29.3 Å². The summed E-state index contributed by atoms with van der Waals surface area (Å²) in [6.45, 7) is 1.71. The van der Waals surface area contributed by atoms with Crippen LogP contribution < -0.4 is 10.6 Å². The van der Waals surface area contributed by atoms with Gasteiger partial charge in [-0.3, -0.25) is 0 Å². The van der Waals surface area contributed by atoms with Gasteiger partial charge in [0.15, 0.2) is 0 Å². The molecule has 0 amide bonds. The third kappa shape index (κ3) is 1.73. The first-order chi connectivity index (χ1) is 6.81. The van der Waals surface area contributed by atoms with Gasteiger partial charge in [0.1, 0.15) is 5.82 Å². The average Bonchev–Trinajstić information content (AvgIpc) is 2.67. The van der Waals surface area contributed by atoms with Gasteiger partial charge in [-0.2, -0.15) is 0 Å². The van der Waals surface area contributed by atoms with Crippen LogP contribution in [0, 0.1) is 5.82 Å². The van der Waals surface area contributed by atoms with Crippen LogP contribution in [0.5, 0.6) is 0 Å². The number of nitrogens with two attached hydrogens (primary N) is 1. The Labute approximate surface area is 83.5 Å². The van der Waals surface area contributed by atoms with Gasteiger partial charge in [-0.25, -0.2) is 4.39 Å². The summed E-state index contributed by atoms with van der Waals surface area (Å²) < 4.78 is 12.7. The van der Waals surface area contributed by atoms with Crippen LogP contribution in [0.3, 0.4) is 0 Å². The smallest absolute Gasteiger partial charge is 0.123 e. The van der Waals surface area contributed by atoms with Crippen molar-refractivity contribution in [1.82, 2.24) is 0 Å². The molecule has 14 heavy (non-hydrogen) atoms. The molecule has 2 nitrogen and oxygen atoms in total. The van der Waals surface area contributed by atoms with Crippen LogP contribution in [0.4, 0.5) is 10.1 Å². The van der Waals surface area contributed by atoms with E-state index in [9.17, 15) is 4.39 Å². The van der Waals surface area contributed by atoms with Crippen molar-refractivity contribution in [2.45, 2.75) is 18.9 Å². The molecule has 1 aromatic carbocycles. The van der Waals surface area contributed by atoms with Gasteiger partial charge in [0.2, 0.25) is 0 Å². The molecule has 0 bridgehead atoms. The summed E-state index contributed by atoms with van der Waals surface area (Å²) in [5, 5.41) is 0.